The van der Waals surface area contributed by atoms with Crippen molar-refractivity contribution < 1.29 is 4.52 Å². The van der Waals surface area contributed by atoms with Crippen molar-refractivity contribution in [3.8, 4) is 6.07 Å². The van der Waals surface area contributed by atoms with Gasteiger partial charge in [0.1, 0.15) is 0 Å². The molecule has 0 aliphatic carbocycles. The number of hydrogen-bond donors (Lipinski definition) is 0. The molecule has 5 nitrogen and oxygen atoms in total. The second-order valence-corrected chi connectivity index (χ2v) is 5.03. The fourth-order valence-electron chi connectivity index (χ4n) is 1.89. The Bertz CT molecular complexity index is 379. The molecule has 92 valence electrons. The van der Waals surface area contributed by atoms with Crippen molar-refractivity contribution in [1.29, 1.82) is 5.26 Å². The highest BCUT2D eigenvalue weighted by Crippen LogP contribution is 2.18. The van der Waals surface area contributed by atoms with E-state index < -0.39 is 0 Å². The first kappa shape index (κ1) is 12.2. The van der Waals surface area contributed by atoms with Gasteiger partial charge in [0.05, 0.1) is 17.6 Å². The van der Waals surface area contributed by atoms with Gasteiger partial charge >= 0.3 is 0 Å². The molecule has 0 spiro atoms. The Morgan fingerprint density at radius 2 is 2.06 bits per heavy atom. The Morgan fingerprint density at radius 1 is 1.29 bits per heavy atom. The van der Waals surface area contributed by atoms with E-state index in [1.165, 1.54) is 37.4 Å². The molecule has 0 saturated carbocycles. The molecule has 0 amide bonds. The third kappa shape index (κ3) is 3.63. The fourth-order valence-corrected chi connectivity index (χ4v) is 2.37. The van der Waals surface area contributed by atoms with E-state index in [0.717, 1.165) is 13.1 Å². The molecule has 1 aliphatic heterocycles. The quantitative estimate of drug-likeness (QED) is 0.765. The summed E-state index contributed by atoms with van der Waals surface area (Å²) in [6, 6.07) is 2.08. The van der Waals surface area contributed by atoms with E-state index in [1.807, 2.05) is 0 Å². The monoisotopic (exact) mass is 252 g/mol. The van der Waals surface area contributed by atoms with Gasteiger partial charge in [0, 0.05) is 13.1 Å². The zero-order valence-corrected chi connectivity index (χ0v) is 10.6. The van der Waals surface area contributed by atoms with Crippen LogP contribution in [0.3, 0.4) is 0 Å². The molecule has 0 N–H and O–H groups in total. The van der Waals surface area contributed by atoms with Crippen LogP contribution in [0.5, 0.6) is 0 Å². The second kappa shape index (κ2) is 6.50. The van der Waals surface area contributed by atoms with Crippen molar-refractivity contribution in [3.05, 3.63) is 5.89 Å². The summed E-state index contributed by atoms with van der Waals surface area (Å²) >= 11 is 1.49. The van der Waals surface area contributed by atoms with Gasteiger partial charge in [-0.25, -0.2) is 0 Å². The van der Waals surface area contributed by atoms with Crippen molar-refractivity contribution in [3.63, 3.8) is 0 Å². The van der Waals surface area contributed by atoms with Crippen molar-refractivity contribution in [2.24, 2.45) is 0 Å². The number of aromatic nitrogens is 2. The van der Waals surface area contributed by atoms with E-state index in [-0.39, 0.29) is 0 Å². The Morgan fingerprint density at radius 3 is 2.76 bits per heavy atom. The minimum Gasteiger partial charge on any atom is -0.338 e. The van der Waals surface area contributed by atoms with Gasteiger partial charge in [-0.1, -0.05) is 12.8 Å². The smallest absolute Gasteiger partial charge is 0.266 e. The van der Waals surface area contributed by atoms with Gasteiger partial charge in [0.25, 0.3) is 5.95 Å². The number of anilines is 1. The molecule has 0 aromatic carbocycles. The maximum atomic E-state index is 8.44. The lowest BCUT2D eigenvalue weighted by Crippen LogP contribution is -2.24. The number of hydrogen-bond acceptors (Lipinski definition) is 6. The standard InChI is InChI=1S/C11H16N4OS/c12-5-8-17-9-10-13-11(14-16-10)15-6-3-1-2-4-7-15/h1-4,6-9H2. The molecule has 17 heavy (non-hydrogen) atoms. The van der Waals surface area contributed by atoms with Crippen LogP contribution in [-0.2, 0) is 5.75 Å². The van der Waals surface area contributed by atoms with Crippen LogP contribution in [0, 0.1) is 11.3 Å². The molecule has 1 aromatic rings. The first-order valence-electron chi connectivity index (χ1n) is 5.92. The van der Waals surface area contributed by atoms with Crippen LogP contribution in [0.1, 0.15) is 31.6 Å². The van der Waals surface area contributed by atoms with E-state index in [1.54, 1.807) is 0 Å². The molecule has 1 aliphatic rings. The van der Waals surface area contributed by atoms with E-state index >= 15 is 0 Å². The third-order valence-corrected chi connectivity index (χ3v) is 3.52. The van der Waals surface area contributed by atoms with Crippen LogP contribution in [0.2, 0.25) is 0 Å². The fraction of sp³-hybridized carbons (Fsp3) is 0.727. The van der Waals surface area contributed by atoms with Crippen molar-refractivity contribution in [2.45, 2.75) is 31.4 Å². The number of nitriles is 1. The van der Waals surface area contributed by atoms with Gasteiger partial charge in [0.15, 0.2) is 0 Å². The molecule has 1 fully saturated rings. The van der Waals surface area contributed by atoms with Gasteiger partial charge < -0.3 is 9.42 Å². The molecule has 0 atom stereocenters. The van der Waals surface area contributed by atoms with E-state index in [0.29, 0.717) is 23.3 Å². The molecule has 0 radical (unpaired) electrons. The molecule has 2 heterocycles. The minimum absolute atomic E-state index is 0.460. The lowest BCUT2D eigenvalue weighted by Gasteiger charge is -2.16. The van der Waals surface area contributed by atoms with E-state index in [4.69, 9.17) is 9.78 Å². The van der Waals surface area contributed by atoms with Gasteiger partial charge in [-0.2, -0.15) is 10.2 Å². The highest BCUT2D eigenvalue weighted by molar-refractivity contribution is 7.98. The first-order chi connectivity index (χ1) is 8.40. The molecule has 0 bridgehead atoms. The summed E-state index contributed by atoms with van der Waals surface area (Å²) in [4.78, 5) is 6.55. The average Bonchev–Trinajstić information content (AvgIpc) is 2.64. The van der Waals surface area contributed by atoms with Crippen molar-refractivity contribution >= 4 is 17.7 Å². The Kier molecular flexibility index (Phi) is 4.68. The largest absolute Gasteiger partial charge is 0.338 e. The molecule has 6 heteroatoms. The summed E-state index contributed by atoms with van der Waals surface area (Å²) in [5, 5.41) is 12.4. The molecule has 1 saturated heterocycles. The zero-order valence-electron chi connectivity index (χ0n) is 9.76. The highest BCUT2D eigenvalue weighted by Gasteiger charge is 2.15. The predicted molar refractivity (Wildman–Crippen MR) is 66.8 cm³/mol. The van der Waals surface area contributed by atoms with E-state index in [2.05, 4.69) is 21.1 Å². The van der Waals surface area contributed by atoms with Crippen LogP contribution in [0.15, 0.2) is 4.52 Å². The minimum atomic E-state index is 0.460. The summed E-state index contributed by atoms with van der Waals surface area (Å²) in [6.07, 6.45) is 4.98. The summed E-state index contributed by atoms with van der Waals surface area (Å²) in [7, 11) is 0. The predicted octanol–water partition coefficient (Wildman–Crippen LogP) is 2.21. The summed E-state index contributed by atoms with van der Waals surface area (Å²) in [5.41, 5.74) is 0. The number of nitrogens with zero attached hydrogens (tertiary/aromatic N) is 4. The van der Waals surface area contributed by atoms with Crippen LogP contribution in [0.25, 0.3) is 0 Å². The first-order valence-corrected chi connectivity index (χ1v) is 7.08. The van der Waals surface area contributed by atoms with Crippen LogP contribution < -0.4 is 4.90 Å². The lowest BCUT2D eigenvalue weighted by atomic mass is 10.2. The van der Waals surface area contributed by atoms with Crippen LogP contribution >= 0.6 is 11.8 Å². The Hall–Kier alpha value is -1.22. The maximum Gasteiger partial charge on any atom is 0.266 e. The lowest BCUT2D eigenvalue weighted by molar-refractivity contribution is 0.390. The Balaban J connectivity index is 1.90. The zero-order chi connectivity index (χ0) is 11.9. The van der Waals surface area contributed by atoms with Crippen molar-refractivity contribution in [1.82, 2.24) is 10.1 Å². The summed E-state index contributed by atoms with van der Waals surface area (Å²) in [6.45, 7) is 2.04. The highest BCUT2D eigenvalue weighted by atomic mass is 32.2. The molecule has 1 aromatic heterocycles. The topological polar surface area (TPSA) is 66.0 Å². The average molecular weight is 252 g/mol. The van der Waals surface area contributed by atoms with E-state index in [9.17, 15) is 0 Å². The van der Waals surface area contributed by atoms with Crippen molar-refractivity contribution in [2.75, 3.05) is 23.7 Å². The van der Waals surface area contributed by atoms with Crippen LogP contribution in [-0.4, -0.2) is 29.0 Å². The number of rotatable bonds is 4. The molecular weight excluding hydrogens is 236 g/mol. The third-order valence-electron chi connectivity index (χ3n) is 2.74. The summed E-state index contributed by atoms with van der Waals surface area (Å²) < 4.78 is 5.17. The maximum absolute atomic E-state index is 8.44. The molecular formula is C11H16N4OS. The van der Waals surface area contributed by atoms with Gasteiger partial charge in [-0.05, 0) is 18.0 Å². The Labute approximate surface area is 105 Å². The SMILES string of the molecule is N#CCSCc1nc(N2CCCCCC2)no1. The van der Waals surface area contributed by atoms with Gasteiger partial charge in [-0.15, -0.1) is 11.8 Å². The molecule has 2 rings (SSSR count). The van der Waals surface area contributed by atoms with Gasteiger partial charge in [-0.3, -0.25) is 0 Å². The second-order valence-electron chi connectivity index (χ2n) is 4.04. The number of thioether (sulfide) groups is 1. The van der Waals surface area contributed by atoms with Gasteiger partial charge in [0.2, 0.25) is 5.89 Å². The molecule has 0 unspecified atom stereocenters. The summed E-state index contributed by atoms with van der Waals surface area (Å²) in [5.74, 6) is 2.40. The normalized spacial score (nSPS) is 16.5. The van der Waals surface area contributed by atoms with Crippen LogP contribution in [0.4, 0.5) is 5.95 Å².